The van der Waals surface area contributed by atoms with Gasteiger partial charge in [0.1, 0.15) is 0 Å². The number of hydrogen-bond donors (Lipinski definition) is 2. The Bertz CT molecular complexity index is 450. The van der Waals surface area contributed by atoms with Crippen molar-refractivity contribution in [2.24, 2.45) is 0 Å². The zero-order valence-corrected chi connectivity index (χ0v) is 11.7. The average molecular weight is 269 g/mol. The van der Waals surface area contributed by atoms with Crippen molar-refractivity contribution in [1.29, 1.82) is 0 Å². The number of methoxy groups -OCH3 is 1. The van der Waals surface area contributed by atoms with Gasteiger partial charge in [0.05, 0.1) is 17.7 Å². The second kappa shape index (κ2) is 6.47. The van der Waals surface area contributed by atoms with E-state index in [2.05, 4.69) is 15.6 Å². The number of aromatic nitrogens is 1. The number of rotatable bonds is 6. The maximum absolute atomic E-state index is 14.1. The molecule has 1 aromatic heterocycles. The summed E-state index contributed by atoms with van der Waals surface area (Å²) in [6, 6.07) is 1.36. The van der Waals surface area contributed by atoms with Gasteiger partial charge >= 0.3 is 0 Å². The molecule has 0 aromatic carbocycles. The van der Waals surface area contributed by atoms with E-state index in [1.165, 1.54) is 12.3 Å². The van der Waals surface area contributed by atoms with E-state index in [9.17, 15) is 9.18 Å². The molecule has 0 spiro atoms. The molecule has 0 atom stereocenters. The lowest BCUT2D eigenvalue weighted by atomic mass is 10.1. The van der Waals surface area contributed by atoms with Crippen LogP contribution in [0.25, 0.3) is 0 Å². The number of ether oxygens (including phenoxy) is 1. The first-order valence-electron chi connectivity index (χ1n) is 6.11. The van der Waals surface area contributed by atoms with Crippen LogP contribution in [0.1, 0.15) is 31.1 Å². The number of amides is 1. The van der Waals surface area contributed by atoms with Gasteiger partial charge < -0.3 is 15.4 Å². The molecule has 0 aliphatic rings. The zero-order valence-electron chi connectivity index (χ0n) is 11.7. The van der Waals surface area contributed by atoms with E-state index in [4.69, 9.17) is 4.74 Å². The molecule has 6 heteroatoms. The fourth-order valence-electron chi connectivity index (χ4n) is 1.68. The molecule has 1 aromatic rings. The number of hydrogen-bond acceptors (Lipinski definition) is 4. The summed E-state index contributed by atoms with van der Waals surface area (Å²) in [5.41, 5.74) is -0.602. The van der Waals surface area contributed by atoms with Crippen molar-refractivity contribution in [2.45, 2.75) is 26.3 Å². The molecular formula is C13H20FN3O2. The summed E-state index contributed by atoms with van der Waals surface area (Å²) in [6.45, 7) is 6.31. The molecule has 106 valence electrons. The highest BCUT2D eigenvalue weighted by Gasteiger charge is 2.23. The van der Waals surface area contributed by atoms with Crippen LogP contribution in [0.15, 0.2) is 12.3 Å². The van der Waals surface area contributed by atoms with Gasteiger partial charge in [-0.15, -0.1) is 0 Å². The van der Waals surface area contributed by atoms with Crippen LogP contribution in [0.3, 0.4) is 0 Å². The van der Waals surface area contributed by atoms with Crippen molar-refractivity contribution in [2.75, 3.05) is 25.6 Å². The molecule has 1 heterocycles. The topological polar surface area (TPSA) is 63.2 Å². The van der Waals surface area contributed by atoms with Crippen LogP contribution in [0.4, 0.5) is 10.2 Å². The predicted molar refractivity (Wildman–Crippen MR) is 71.8 cm³/mol. The summed E-state index contributed by atoms with van der Waals surface area (Å²) < 4.78 is 19.1. The van der Waals surface area contributed by atoms with Gasteiger partial charge in [-0.1, -0.05) is 0 Å². The molecular weight excluding hydrogens is 249 g/mol. The van der Waals surface area contributed by atoms with Crippen LogP contribution < -0.4 is 10.6 Å². The van der Waals surface area contributed by atoms with E-state index in [-0.39, 0.29) is 11.4 Å². The Labute approximate surface area is 112 Å². The van der Waals surface area contributed by atoms with E-state index >= 15 is 0 Å². The standard InChI is InChI=1S/C13H20FN3O2/c1-5-15-11-10(14)9(6-7-16-11)12(18)17-13(2,3)8-19-4/h6-7H,5,8H2,1-4H3,(H,15,16)(H,17,18). The second-order valence-corrected chi connectivity index (χ2v) is 4.82. The Balaban J connectivity index is 2.91. The molecule has 0 aliphatic heterocycles. The first kappa shape index (κ1) is 15.4. The Morgan fingerprint density at radius 2 is 2.21 bits per heavy atom. The highest BCUT2D eigenvalue weighted by atomic mass is 19.1. The van der Waals surface area contributed by atoms with Crippen molar-refractivity contribution in [1.82, 2.24) is 10.3 Å². The minimum absolute atomic E-state index is 0.0323. The lowest BCUT2D eigenvalue weighted by molar-refractivity contribution is 0.0816. The molecule has 1 amide bonds. The molecule has 0 saturated carbocycles. The number of pyridine rings is 1. The molecule has 2 N–H and O–H groups in total. The fourth-order valence-corrected chi connectivity index (χ4v) is 1.68. The maximum Gasteiger partial charge on any atom is 0.254 e. The summed E-state index contributed by atoms with van der Waals surface area (Å²) in [5, 5.41) is 5.49. The highest BCUT2D eigenvalue weighted by Crippen LogP contribution is 2.16. The summed E-state index contributed by atoms with van der Waals surface area (Å²) in [6.07, 6.45) is 1.40. The average Bonchev–Trinajstić information content (AvgIpc) is 2.31. The van der Waals surface area contributed by atoms with E-state index in [0.717, 1.165) is 0 Å². The summed E-state index contributed by atoms with van der Waals surface area (Å²) >= 11 is 0. The smallest absolute Gasteiger partial charge is 0.254 e. The van der Waals surface area contributed by atoms with Crippen molar-refractivity contribution < 1.29 is 13.9 Å². The lowest BCUT2D eigenvalue weighted by Crippen LogP contribution is -2.47. The molecule has 19 heavy (non-hydrogen) atoms. The van der Waals surface area contributed by atoms with Gasteiger partial charge in [0.25, 0.3) is 5.91 Å². The van der Waals surface area contributed by atoms with Crippen LogP contribution in [-0.4, -0.2) is 36.7 Å². The largest absolute Gasteiger partial charge is 0.382 e. The van der Waals surface area contributed by atoms with Gasteiger partial charge in [-0.3, -0.25) is 4.79 Å². The van der Waals surface area contributed by atoms with Crippen molar-refractivity contribution in [3.05, 3.63) is 23.6 Å². The predicted octanol–water partition coefficient (Wildman–Crippen LogP) is 1.81. The SMILES string of the molecule is CCNc1nccc(C(=O)NC(C)(C)COC)c1F. The number of carbonyl (C=O) groups is 1. The number of nitrogens with zero attached hydrogens (tertiary/aromatic N) is 1. The number of halogens is 1. The maximum atomic E-state index is 14.1. The van der Waals surface area contributed by atoms with Crippen LogP contribution in [-0.2, 0) is 4.74 Å². The summed E-state index contributed by atoms with van der Waals surface area (Å²) in [4.78, 5) is 15.9. The summed E-state index contributed by atoms with van der Waals surface area (Å²) in [7, 11) is 1.55. The van der Waals surface area contributed by atoms with E-state index in [1.54, 1.807) is 21.0 Å². The van der Waals surface area contributed by atoms with Gasteiger partial charge in [0, 0.05) is 19.9 Å². The minimum Gasteiger partial charge on any atom is -0.382 e. The third-order valence-corrected chi connectivity index (χ3v) is 2.44. The molecule has 0 aliphatic carbocycles. The Morgan fingerprint density at radius 1 is 1.53 bits per heavy atom. The summed E-state index contributed by atoms with van der Waals surface area (Å²) in [5.74, 6) is -1.05. The van der Waals surface area contributed by atoms with Gasteiger partial charge in [0.15, 0.2) is 11.6 Å². The monoisotopic (exact) mass is 269 g/mol. The van der Waals surface area contributed by atoms with Gasteiger partial charge in [-0.05, 0) is 26.8 Å². The first-order valence-corrected chi connectivity index (χ1v) is 6.11. The molecule has 5 nitrogen and oxygen atoms in total. The zero-order chi connectivity index (χ0) is 14.5. The second-order valence-electron chi connectivity index (χ2n) is 4.82. The van der Waals surface area contributed by atoms with Crippen molar-refractivity contribution in [3.8, 4) is 0 Å². The highest BCUT2D eigenvalue weighted by molar-refractivity contribution is 5.95. The Morgan fingerprint density at radius 3 is 2.79 bits per heavy atom. The third-order valence-electron chi connectivity index (χ3n) is 2.44. The molecule has 0 bridgehead atoms. The minimum atomic E-state index is -0.643. The first-order chi connectivity index (χ1) is 8.91. The molecule has 0 fully saturated rings. The number of nitrogens with one attached hydrogen (secondary N) is 2. The van der Waals surface area contributed by atoms with Gasteiger partial charge in [-0.25, -0.2) is 9.37 Å². The van der Waals surface area contributed by atoms with Gasteiger partial charge in [0.2, 0.25) is 0 Å². The van der Waals surface area contributed by atoms with E-state index in [0.29, 0.717) is 13.2 Å². The number of anilines is 1. The lowest BCUT2D eigenvalue weighted by Gasteiger charge is -2.25. The van der Waals surface area contributed by atoms with Crippen molar-refractivity contribution >= 4 is 11.7 Å². The Hall–Kier alpha value is -1.69. The van der Waals surface area contributed by atoms with Crippen molar-refractivity contribution in [3.63, 3.8) is 0 Å². The van der Waals surface area contributed by atoms with Crippen LogP contribution in [0.2, 0.25) is 0 Å². The fraction of sp³-hybridized carbons (Fsp3) is 0.538. The number of carbonyl (C=O) groups excluding carboxylic acids is 1. The molecule has 0 radical (unpaired) electrons. The van der Waals surface area contributed by atoms with Crippen LogP contribution in [0.5, 0.6) is 0 Å². The normalized spacial score (nSPS) is 11.2. The van der Waals surface area contributed by atoms with Crippen LogP contribution >= 0.6 is 0 Å². The Kier molecular flexibility index (Phi) is 5.23. The quantitative estimate of drug-likeness (QED) is 0.826. The van der Waals surface area contributed by atoms with Gasteiger partial charge in [-0.2, -0.15) is 0 Å². The molecule has 1 rings (SSSR count). The van der Waals surface area contributed by atoms with E-state index in [1.807, 2.05) is 6.92 Å². The van der Waals surface area contributed by atoms with Crippen LogP contribution in [0, 0.1) is 5.82 Å². The van der Waals surface area contributed by atoms with E-state index < -0.39 is 17.3 Å². The molecule has 0 saturated heterocycles. The molecule has 0 unspecified atom stereocenters. The third kappa shape index (κ3) is 4.17.